The number of amides is 1. The van der Waals surface area contributed by atoms with E-state index in [1.807, 2.05) is 0 Å². The molecular weight excluding hydrogens is 337 g/mol. The third-order valence-corrected chi connectivity index (χ3v) is 4.35. The van der Waals surface area contributed by atoms with Crippen molar-refractivity contribution in [1.82, 2.24) is 5.32 Å². The van der Waals surface area contributed by atoms with Crippen LogP contribution in [0, 0.1) is 5.82 Å². The van der Waals surface area contributed by atoms with E-state index in [0.717, 1.165) is 5.56 Å². The minimum absolute atomic E-state index is 0.0120. The fourth-order valence-corrected chi connectivity index (χ4v) is 2.91. The van der Waals surface area contributed by atoms with Crippen molar-refractivity contribution in [3.8, 4) is 5.75 Å². The van der Waals surface area contributed by atoms with E-state index in [-0.39, 0.29) is 36.9 Å². The number of hydrogen-bond donors (Lipinski definition) is 2. The molecular formula is C20H22FNO4. The minimum Gasteiger partial charge on any atom is -0.486 e. The SMILES string of the molecule is O=C(Cc1ccccc1F)N[C@@H]1CCOC[C@H]1Oc1ccc(CO)cc1. The lowest BCUT2D eigenvalue weighted by molar-refractivity contribution is -0.123. The molecule has 138 valence electrons. The zero-order valence-corrected chi connectivity index (χ0v) is 14.4. The molecule has 2 atom stereocenters. The van der Waals surface area contributed by atoms with E-state index in [4.69, 9.17) is 14.6 Å². The van der Waals surface area contributed by atoms with E-state index < -0.39 is 0 Å². The molecule has 0 aromatic heterocycles. The van der Waals surface area contributed by atoms with Crippen molar-refractivity contribution in [3.63, 3.8) is 0 Å². The second-order valence-corrected chi connectivity index (χ2v) is 6.26. The lowest BCUT2D eigenvalue weighted by Gasteiger charge is -2.32. The van der Waals surface area contributed by atoms with Gasteiger partial charge in [-0.05, 0) is 35.7 Å². The van der Waals surface area contributed by atoms with Gasteiger partial charge in [-0.25, -0.2) is 4.39 Å². The first-order chi connectivity index (χ1) is 12.7. The molecule has 2 aromatic carbocycles. The predicted molar refractivity (Wildman–Crippen MR) is 94.3 cm³/mol. The summed E-state index contributed by atoms with van der Waals surface area (Å²) in [6.07, 6.45) is 0.290. The van der Waals surface area contributed by atoms with Gasteiger partial charge in [-0.3, -0.25) is 4.79 Å². The van der Waals surface area contributed by atoms with E-state index in [9.17, 15) is 9.18 Å². The van der Waals surface area contributed by atoms with E-state index in [0.29, 0.717) is 30.9 Å². The summed E-state index contributed by atoms with van der Waals surface area (Å²) in [7, 11) is 0. The second-order valence-electron chi connectivity index (χ2n) is 6.26. The Kier molecular flexibility index (Phi) is 6.20. The number of rotatable bonds is 6. The molecule has 1 aliphatic heterocycles. The number of carbonyl (C=O) groups is 1. The van der Waals surface area contributed by atoms with Gasteiger partial charge in [-0.1, -0.05) is 30.3 Å². The standard InChI is InChI=1S/C20H22FNO4/c21-17-4-2-1-3-15(17)11-20(24)22-18-9-10-25-13-19(18)26-16-7-5-14(12-23)6-8-16/h1-8,18-19,23H,9-13H2,(H,22,24)/t18-,19-/m1/s1. The smallest absolute Gasteiger partial charge is 0.224 e. The molecule has 2 N–H and O–H groups in total. The van der Waals surface area contributed by atoms with Gasteiger partial charge in [0.05, 0.1) is 25.7 Å². The summed E-state index contributed by atoms with van der Waals surface area (Å²) in [4.78, 5) is 12.3. The maximum absolute atomic E-state index is 13.7. The fourth-order valence-electron chi connectivity index (χ4n) is 2.91. The average Bonchev–Trinajstić information content (AvgIpc) is 2.66. The number of hydrogen-bond acceptors (Lipinski definition) is 4. The number of halogens is 1. The van der Waals surface area contributed by atoms with Crippen molar-refractivity contribution in [1.29, 1.82) is 0 Å². The van der Waals surface area contributed by atoms with Crippen LogP contribution in [0.25, 0.3) is 0 Å². The Hall–Kier alpha value is -2.44. The van der Waals surface area contributed by atoms with Crippen molar-refractivity contribution in [2.24, 2.45) is 0 Å². The Balaban J connectivity index is 1.61. The van der Waals surface area contributed by atoms with E-state index in [2.05, 4.69) is 5.32 Å². The Bertz CT molecular complexity index is 735. The zero-order chi connectivity index (χ0) is 18.4. The van der Waals surface area contributed by atoms with Crippen molar-refractivity contribution < 1.29 is 23.8 Å². The van der Waals surface area contributed by atoms with Crippen molar-refractivity contribution in [2.75, 3.05) is 13.2 Å². The highest BCUT2D eigenvalue weighted by atomic mass is 19.1. The van der Waals surface area contributed by atoms with Crippen LogP contribution in [0.3, 0.4) is 0 Å². The van der Waals surface area contributed by atoms with Gasteiger partial charge in [-0.15, -0.1) is 0 Å². The molecule has 1 saturated heterocycles. The van der Waals surface area contributed by atoms with Crippen LogP contribution in [-0.4, -0.2) is 36.4 Å². The molecule has 5 nitrogen and oxygen atoms in total. The van der Waals surface area contributed by atoms with Crippen LogP contribution in [0.15, 0.2) is 48.5 Å². The van der Waals surface area contributed by atoms with Crippen LogP contribution in [-0.2, 0) is 22.6 Å². The second kappa shape index (κ2) is 8.78. The molecule has 0 radical (unpaired) electrons. The highest BCUT2D eigenvalue weighted by Gasteiger charge is 2.29. The topological polar surface area (TPSA) is 67.8 Å². The molecule has 0 unspecified atom stereocenters. The van der Waals surface area contributed by atoms with Crippen LogP contribution in [0.1, 0.15) is 17.5 Å². The van der Waals surface area contributed by atoms with Gasteiger partial charge in [0.25, 0.3) is 0 Å². The summed E-state index contributed by atoms with van der Waals surface area (Å²) in [5.41, 5.74) is 1.17. The van der Waals surface area contributed by atoms with Crippen LogP contribution in [0.2, 0.25) is 0 Å². The number of carbonyl (C=O) groups excluding carboxylic acids is 1. The summed E-state index contributed by atoms with van der Waals surface area (Å²) in [5.74, 6) is 0.0173. The summed E-state index contributed by atoms with van der Waals surface area (Å²) < 4.78 is 25.1. The first-order valence-electron chi connectivity index (χ1n) is 8.62. The first kappa shape index (κ1) is 18.4. The largest absolute Gasteiger partial charge is 0.486 e. The first-order valence-corrected chi connectivity index (χ1v) is 8.62. The molecule has 6 heteroatoms. The number of aliphatic hydroxyl groups is 1. The molecule has 1 aliphatic rings. The van der Waals surface area contributed by atoms with Crippen molar-refractivity contribution >= 4 is 5.91 Å². The predicted octanol–water partition coefficient (Wildman–Crippen LogP) is 2.21. The average molecular weight is 359 g/mol. The Morgan fingerprint density at radius 2 is 2.00 bits per heavy atom. The maximum atomic E-state index is 13.7. The number of ether oxygens (including phenoxy) is 2. The monoisotopic (exact) mass is 359 g/mol. The highest BCUT2D eigenvalue weighted by Crippen LogP contribution is 2.19. The molecule has 0 bridgehead atoms. The molecule has 2 aromatic rings. The molecule has 0 spiro atoms. The van der Waals surface area contributed by atoms with Gasteiger partial charge in [0, 0.05) is 6.61 Å². The molecule has 3 rings (SSSR count). The van der Waals surface area contributed by atoms with E-state index >= 15 is 0 Å². The lowest BCUT2D eigenvalue weighted by Crippen LogP contribution is -2.51. The van der Waals surface area contributed by atoms with Crippen molar-refractivity contribution in [2.45, 2.75) is 31.6 Å². The highest BCUT2D eigenvalue weighted by molar-refractivity contribution is 5.79. The third-order valence-electron chi connectivity index (χ3n) is 4.35. The fraction of sp³-hybridized carbons (Fsp3) is 0.350. The van der Waals surface area contributed by atoms with Gasteiger partial charge in [0.15, 0.2) is 0 Å². The van der Waals surface area contributed by atoms with Crippen LogP contribution < -0.4 is 10.1 Å². The van der Waals surface area contributed by atoms with Crippen LogP contribution in [0.4, 0.5) is 4.39 Å². The minimum atomic E-state index is -0.383. The van der Waals surface area contributed by atoms with Gasteiger partial charge in [0.2, 0.25) is 5.91 Å². The van der Waals surface area contributed by atoms with Gasteiger partial charge in [-0.2, -0.15) is 0 Å². The van der Waals surface area contributed by atoms with Gasteiger partial charge >= 0.3 is 0 Å². The molecule has 26 heavy (non-hydrogen) atoms. The summed E-state index contributed by atoms with van der Waals surface area (Å²) in [6, 6.07) is 13.2. The molecule has 0 saturated carbocycles. The molecule has 1 heterocycles. The van der Waals surface area contributed by atoms with Gasteiger partial charge < -0.3 is 19.9 Å². The normalized spacial score (nSPS) is 19.8. The molecule has 0 aliphatic carbocycles. The van der Waals surface area contributed by atoms with Crippen LogP contribution >= 0.6 is 0 Å². The Morgan fingerprint density at radius 3 is 2.73 bits per heavy atom. The number of benzene rings is 2. The Morgan fingerprint density at radius 1 is 1.23 bits per heavy atom. The quantitative estimate of drug-likeness (QED) is 0.830. The molecule has 1 fully saturated rings. The zero-order valence-electron chi connectivity index (χ0n) is 14.4. The summed E-state index contributed by atoms with van der Waals surface area (Å²) in [6.45, 7) is 0.877. The van der Waals surface area contributed by atoms with Gasteiger partial charge in [0.1, 0.15) is 17.7 Å². The maximum Gasteiger partial charge on any atom is 0.224 e. The summed E-state index contributed by atoms with van der Waals surface area (Å²) >= 11 is 0. The van der Waals surface area contributed by atoms with Crippen molar-refractivity contribution in [3.05, 3.63) is 65.5 Å². The van der Waals surface area contributed by atoms with E-state index in [1.165, 1.54) is 6.07 Å². The third kappa shape index (κ3) is 4.80. The van der Waals surface area contributed by atoms with Crippen LogP contribution in [0.5, 0.6) is 5.75 Å². The summed E-state index contributed by atoms with van der Waals surface area (Å²) in [5, 5.41) is 12.0. The Labute approximate surface area is 151 Å². The lowest BCUT2D eigenvalue weighted by atomic mass is 10.0. The number of aliphatic hydroxyl groups excluding tert-OH is 1. The number of nitrogens with one attached hydrogen (secondary N) is 1. The molecule has 1 amide bonds. The van der Waals surface area contributed by atoms with E-state index in [1.54, 1.807) is 42.5 Å².